The molecule has 110 valence electrons. The largest absolute Gasteiger partial charge is 0.393 e. The molecule has 2 aromatic rings. The first kappa shape index (κ1) is 13.8. The molecule has 0 aliphatic heterocycles. The minimum Gasteiger partial charge on any atom is -0.393 e. The molecule has 1 amide bonds. The van der Waals surface area contributed by atoms with Gasteiger partial charge < -0.3 is 15.0 Å². The van der Waals surface area contributed by atoms with Crippen LogP contribution in [0.2, 0.25) is 0 Å². The van der Waals surface area contributed by atoms with Crippen molar-refractivity contribution in [3.63, 3.8) is 0 Å². The van der Waals surface area contributed by atoms with Crippen LogP contribution in [0.1, 0.15) is 36.0 Å². The predicted molar refractivity (Wildman–Crippen MR) is 79.3 cm³/mol. The Morgan fingerprint density at radius 1 is 1.19 bits per heavy atom. The minimum atomic E-state index is -0.208. The lowest BCUT2D eigenvalue weighted by Crippen LogP contribution is -2.38. The van der Waals surface area contributed by atoms with Crippen LogP contribution in [0.5, 0.6) is 0 Å². The Labute approximate surface area is 123 Å². The van der Waals surface area contributed by atoms with Crippen LogP contribution in [0.25, 0.3) is 5.82 Å². The standard InChI is InChI=1S/C16H19N3O2/c20-14-6-4-13(5-7-14)18-16(21)12-3-8-15(17-11-12)19-9-1-2-10-19/h1-3,8-11,13-14,20H,4-7H2,(H,18,21). The fraction of sp³-hybridized carbons (Fsp3) is 0.375. The first-order valence-electron chi connectivity index (χ1n) is 7.31. The zero-order chi connectivity index (χ0) is 14.7. The average Bonchev–Trinajstić information content (AvgIpc) is 3.04. The van der Waals surface area contributed by atoms with Gasteiger partial charge in [-0.25, -0.2) is 4.98 Å². The summed E-state index contributed by atoms with van der Waals surface area (Å²) in [7, 11) is 0. The quantitative estimate of drug-likeness (QED) is 0.905. The minimum absolute atomic E-state index is 0.0945. The maximum atomic E-state index is 12.2. The second-order valence-electron chi connectivity index (χ2n) is 5.47. The van der Waals surface area contributed by atoms with E-state index in [1.807, 2.05) is 35.2 Å². The SMILES string of the molecule is O=C(NC1CCC(O)CC1)c1ccc(-n2cccc2)nc1. The van der Waals surface area contributed by atoms with Gasteiger partial charge in [0.1, 0.15) is 5.82 Å². The van der Waals surface area contributed by atoms with E-state index in [0.29, 0.717) is 5.56 Å². The highest BCUT2D eigenvalue weighted by molar-refractivity contribution is 5.94. The van der Waals surface area contributed by atoms with Gasteiger partial charge in [-0.1, -0.05) is 0 Å². The molecule has 0 bridgehead atoms. The second-order valence-corrected chi connectivity index (χ2v) is 5.47. The molecule has 2 heterocycles. The maximum absolute atomic E-state index is 12.2. The van der Waals surface area contributed by atoms with Crippen LogP contribution in [0, 0.1) is 0 Å². The maximum Gasteiger partial charge on any atom is 0.253 e. The number of carbonyl (C=O) groups is 1. The third kappa shape index (κ3) is 3.31. The molecule has 2 N–H and O–H groups in total. The van der Waals surface area contributed by atoms with E-state index in [1.165, 1.54) is 0 Å². The molecule has 0 aromatic carbocycles. The van der Waals surface area contributed by atoms with E-state index in [0.717, 1.165) is 31.5 Å². The zero-order valence-corrected chi connectivity index (χ0v) is 11.8. The fourth-order valence-electron chi connectivity index (χ4n) is 2.65. The number of carbonyl (C=O) groups excluding carboxylic acids is 1. The number of nitrogens with zero attached hydrogens (tertiary/aromatic N) is 2. The van der Waals surface area contributed by atoms with Crippen LogP contribution in [-0.2, 0) is 0 Å². The molecule has 0 unspecified atom stereocenters. The zero-order valence-electron chi connectivity index (χ0n) is 11.8. The molecule has 1 aliphatic carbocycles. The second kappa shape index (κ2) is 6.10. The molecule has 1 aliphatic rings. The summed E-state index contributed by atoms with van der Waals surface area (Å²) in [5, 5.41) is 12.5. The van der Waals surface area contributed by atoms with Crippen LogP contribution < -0.4 is 5.32 Å². The summed E-state index contributed by atoms with van der Waals surface area (Å²) in [5.74, 6) is 0.695. The van der Waals surface area contributed by atoms with Crippen molar-refractivity contribution in [3.8, 4) is 5.82 Å². The normalized spacial score (nSPS) is 22.0. The molecular formula is C16H19N3O2. The van der Waals surface area contributed by atoms with E-state index in [-0.39, 0.29) is 18.1 Å². The Bertz CT molecular complexity index is 584. The first-order valence-corrected chi connectivity index (χ1v) is 7.31. The highest BCUT2D eigenvalue weighted by atomic mass is 16.3. The molecule has 1 fully saturated rings. The van der Waals surface area contributed by atoms with Crippen molar-refractivity contribution in [2.24, 2.45) is 0 Å². The van der Waals surface area contributed by atoms with Crippen LogP contribution >= 0.6 is 0 Å². The van der Waals surface area contributed by atoms with Crippen molar-refractivity contribution < 1.29 is 9.90 Å². The van der Waals surface area contributed by atoms with Crippen molar-refractivity contribution in [1.29, 1.82) is 0 Å². The van der Waals surface area contributed by atoms with E-state index in [2.05, 4.69) is 10.3 Å². The van der Waals surface area contributed by atoms with E-state index < -0.39 is 0 Å². The highest BCUT2D eigenvalue weighted by Gasteiger charge is 2.21. The number of nitrogens with one attached hydrogen (secondary N) is 1. The molecule has 0 atom stereocenters. The van der Waals surface area contributed by atoms with Crippen LogP contribution in [-0.4, -0.2) is 32.7 Å². The smallest absolute Gasteiger partial charge is 0.253 e. The van der Waals surface area contributed by atoms with E-state index in [9.17, 15) is 9.90 Å². The number of pyridine rings is 1. The van der Waals surface area contributed by atoms with Crippen LogP contribution in [0.4, 0.5) is 0 Å². The predicted octanol–water partition coefficient (Wildman–Crippen LogP) is 1.91. The molecule has 2 aromatic heterocycles. The van der Waals surface area contributed by atoms with Gasteiger partial charge in [0.05, 0.1) is 11.7 Å². The molecule has 0 spiro atoms. The van der Waals surface area contributed by atoms with Gasteiger partial charge in [-0.05, 0) is 49.9 Å². The molecular weight excluding hydrogens is 266 g/mol. The summed E-state index contributed by atoms with van der Waals surface area (Å²) in [5.41, 5.74) is 0.567. The average molecular weight is 285 g/mol. The van der Waals surface area contributed by atoms with E-state index in [1.54, 1.807) is 12.3 Å². The van der Waals surface area contributed by atoms with Gasteiger partial charge >= 0.3 is 0 Å². The van der Waals surface area contributed by atoms with Gasteiger partial charge in [-0.15, -0.1) is 0 Å². The number of aliphatic hydroxyl groups is 1. The van der Waals surface area contributed by atoms with Gasteiger partial charge in [-0.3, -0.25) is 4.79 Å². The molecule has 0 radical (unpaired) electrons. The Balaban J connectivity index is 1.62. The Morgan fingerprint density at radius 2 is 1.90 bits per heavy atom. The lowest BCUT2D eigenvalue weighted by molar-refractivity contribution is 0.0867. The summed E-state index contributed by atoms with van der Waals surface area (Å²) in [6.45, 7) is 0. The number of aliphatic hydroxyl groups excluding tert-OH is 1. The monoisotopic (exact) mass is 285 g/mol. The highest BCUT2D eigenvalue weighted by Crippen LogP contribution is 2.18. The van der Waals surface area contributed by atoms with Gasteiger partial charge in [0.2, 0.25) is 0 Å². The number of aromatic nitrogens is 2. The van der Waals surface area contributed by atoms with Gasteiger partial charge in [0.25, 0.3) is 5.91 Å². The lowest BCUT2D eigenvalue weighted by atomic mass is 9.93. The summed E-state index contributed by atoms with van der Waals surface area (Å²) in [6, 6.07) is 7.64. The van der Waals surface area contributed by atoms with Gasteiger partial charge in [0.15, 0.2) is 0 Å². The third-order valence-corrected chi connectivity index (χ3v) is 3.91. The van der Waals surface area contributed by atoms with Crippen molar-refractivity contribution in [3.05, 3.63) is 48.4 Å². The molecule has 5 heteroatoms. The molecule has 1 saturated carbocycles. The third-order valence-electron chi connectivity index (χ3n) is 3.91. The Morgan fingerprint density at radius 3 is 2.52 bits per heavy atom. The topological polar surface area (TPSA) is 67.2 Å². The van der Waals surface area contributed by atoms with Crippen molar-refractivity contribution in [1.82, 2.24) is 14.9 Å². The van der Waals surface area contributed by atoms with Crippen molar-refractivity contribution >= 4 is 5.91 Å². The van der Waals surface area contributed by atoms with E-state index >= 15 is 0 Å². The lowest BCUT2D eigenvalue weighted by Gasteiger charge is -2.26. The fourth-order valence-corrected chi connectivity index (χ4v) is 2.65. The number of rotatable bonds is 3. The van der Waals surface area contributed by atoms with Crippen LogP contribution in [0.15, 0.2) is 42.9 Å². The summed E-state index contributed by atoms with van der Waals surface area (Å²) < 4.78 is 1.89. The molecule has 5 nitrogen and oxygen atoms in total. The number of hydrogen-bond acceptors (Lipinski definition) is 3. The van der Waals surface area contributed by atoms with Gasteiger partial charge in [-0.2, -0.15) is 0 Å². The summed E-state index contributed by atoms with van der Waals surface area (Å²) >= 11 is 0. The Kier molecular flexibility index (Phi) is 4.01. The first-order chi connectivity index (χ1) is 10.2. The summed E-state index contributed by atoms with van der Waals surface area (Å²) in [4.78, 5) is 16.5. The van der Waals surface area contributed by atoms with Crippen LogP contribution in [0.3, 0.4) is 0 Å². The number of amides is 1. The molecule has 3 rings (SSSR count). The van der Waals surface area contributed by atoms with E-state index in [4.69, 9.17) is 0 Å². The Hall–Kier alpha value is -2.14. The molecule has 0 saturated heterocycles. The van der Waals surface area contributed by atoms with Gasteiger partial charge in [0, 0.05) is 24.6 Å². The van der Waals surface area contributed by atoms with Crippen molar-refractivity contribution in [2.45, 2.75) is 37.8 Å². The number of hydrogen-bond donors (Lipinski definition) is 2. The van der Waals surface area contributed by atoms with Crippen molar-refractivity contribution in [2.75, 3.05) is 0 Å². The molecule has 21 heavy (non-hydrogen) atoms. The summed E-state index contributed by atoms with van der Waals surface area (Å²) in [6.07, 6.45) is 8.41.